The summed E-state index contributed by atoms with van der Waals surface area (Å²) in [4.78, 5) is 14.2. The summed E-state index contributed by atoms with van der Waals surface area (Å²) in [7, 11) is 3.00. The molecule has 0 spiro atoms. The van der Waals surface area contributed by atoms with E-state index in [2.05, 4.69) is 0 Å². The van der Waals surface area contributed by atoms with Gasteiger partial charge in [0.1, 0.15) is 17.5 Å². The lowest BCUT2D eigenvalue weighted by molar-refractivity contribution is -0.152. The average Bonchev–Trinajstić information content (AvgIpc) is 3.01. The molecule has 2 unspecified atom stereocenters. The van der Waals surface area contributed by atoms with Crippen molar-refractivity contribution in [1.82, 2.24) is 4.90 Å². The Bertz CT molecular complexity index is 533. The number of alkyl halides is 1. The lowest BCUT2D eigenvalue weighted by atomic mass is 9.93. The molecule has 0 radical (unpaired) electrons. The van der Waals surface area contributed by atoms with Crippen LogP contribution in [0.25, 0.3) is 0 Å². The molecule has 0 saturated carbocycles. The van der Waals surface area contributed by atoms with Crippen molar-refractivity contribution in [2.45, 2.75) is 37.0 Å². The second-order valence-corrected chi connectivity index (χ2v) is 5.80. The monoisotopic (exact) mass is 293 g/mol. The molecule has 0 N–H and O–H groups in total. The number of methoxy groups -OCH3 is 2. The molecule has 2 heterocycles. The van der Waals surface area contributed by atoms with Gasteiger partial charge in [-0.3, -0.25) is 9.69 Å². The van der Waals surface area contributed by atoms with E-state index in [0.29, 0.717) is 13.0 Å². The summed E-state index contributed by atoms with van der Waals surface area (Å²) in [6.45, 7) is 0.297. The topological polar surface area (TPSA) is 38.8 Å². The summed E-state index contributed by atoms with van der Waals surface area (Å²) in [6.07, 6.45) is 0.766. The highest BCUT2D eigenvalue weighted by Gasteiger charge is 2.58. The van der Waals surface area contributed by atoms with Crippen molar-refractivity contribution in [3.8, 4) is 5.75 Å². The highest BCUT2D eigenvalue weighted by Crippen LogP contribution is 2.50. The number of esters is 1. The van der Waals surface area contributed by atoms with E-state index in [1.807, 2.05) is 29.2 Å². The Hall–Kier alpha value is -1.62. The van der Waals surface area contributed by atoms with Crippen molar-refractivity contribution in [2.24, 2.45) is 0 Å². The van der Waals surface area contributed by atoms with E-state index in [1.165, 1.54) is 7.11 Å². The molecule has 2 fully saturated rings. The molecule has 0 aromatic heterocycles. The molecule has 114 valence electrons. The Morgan fingerprint density at radius 3 is 2.67 bits per heavy atom. The molecule has 5 heteroatoms. The molecular formula is C16H20FNO3. The number of benzene rings is 1. The van der Waals surface area contributed by atoms with Crippen molar-refractivity contribution < 1.29 is 18.7 Å². The number of fused-ring (bicyclic) bond motifs is 1. The average molecular weight is 293 g/mol. The highest BCUT2D eigenvalue weighted by atomic mass is 19.1. The largest absolute Gasteiger partial charge is 0.497 e. The molecule has 2 aliphatic rings. The fourth-order valence-corrected chi connectivity index (χ4v) is 3.80. The fourth-order valence-electron chi connectivity index (χ4n) is 3.80. The lowest BCUT2D eigenvalue weighted by Gasteiger charge is -2.32. The first-order valence-corrected chi connectivity index (χ1v) is 7.24. The molecule has 1 aromatic rings. The minimum atomic E-state index is -0.967. The van der Waals surface area contributed by atoms with Crippen LogP contribution in [0.5, 0.6) is 5.75 Å². The van der Waals surface area contributed by atoms with Crippen LogP contribution in [0.15, 0.2) is 24.3 Å². The van der Waals surface area contributed by atoms with Gasteiger partial charge in [-0.15, -0.1) is 0 Å². The molecule has 1 aromatic carbocycles. The van der Waals surface area contributed by atoms with E-state index < -0.39 is 11.7 Å². The first kappa shape index (κ1) is 14.3. The standard InChI is InChI=1S/C16H20FNO3/c1-20-13-5-3-11(4-6-13)14-7-8-16(15(19)21-2)9-12(17)10-18(14)16/h3-6,12,14H,7-10H2,1-2H3/t12-,14?,16?/m1/s1. The second kappa shape index (κ2) is 5.30. The van der Waals surface area contributed by atoms with Crippen LogP contribution < -0.4 is 4.74 Å². The van der Waals surface area contributed by atoms with E-state index in [1.54, 1.807) is 7.11 Å². The van der Waals surface area contributed by atoms with Crippen LogP contribution in [-0.2, 0) is 9.53 Å². The van der Waals surface area contributed by atoms with Crippen LogP contribution in [0.1, 0.15) is 30.9 Å². The van der Waals surface area contributed by atoms with Crippen LogP contribution in [0, 0.1) is 0 Å². The third kappa shape index (κ3) is 2.20. The molecule has 0 bridgehead atoms. The van der Waals surface area contributed by atoms with Crippen molar-refractivity contribution >= 4 is 5.97 Å². The van der Waals surface area contributed by atoms with Crippen LogP contribution in [0.2, 0.25) is 0 Å². The first-order valence-electron chi connectivity index (χ1n) is 7.24. The van der Waals surface area contributed by atoms with Gasteiger partial charge in [0, 0.05) is 19.0 Å². The molecule has 2 saturated heterocycles. The number of carbonyl (C=O) groups is 1. The molecule has 21 heavy (non-hydrogen) atoms. The van der Waals surface area contributed by atoms with Crippen molar-refractivity contribution in [3.05, 3.63) is 29.8 Å². The van der Waals surface area contributed by atoms with Crippen molar-refractivity contribution in [3.63, 3.8) is 0 Å². The van der Waals surface area contributed by atoms with Crippen molar-refractivity contribution in [1.29, 1.82) is 0 Å². The quantitative estimate of drug-likeness (QED) is 0.803. The number of halogens is 1. The van der Waals surface area contributed by atoms with Crippen molar-refractivity contribution in [2.75, 3.05) is 20.8 Å². The number of ether oxygens (including phenoxy) is 2. The Morgan fingerprint density at radius 1 is 1.33 bits per heavy atom. The highest BCUT2D eigenvalue weighted by molar-refractivity contribution is 5.82. The second-order valence-electron chi connectivity index (χ2n) is 5.80. The van der Waals surface area contributed by atoms with Gasteiger partial charge < -0.3 is 9.47 Å². The predicted molar refractivity (Wildman–Crippen MR) is 75.9 cm³/mol. The van der Waals surface area contributed by atoms with Gasteiger partial charge in [-0.05, 0) is 30.5 Å². The zero-order valence-electron chi connectivity index (χ0n) is 12.3. The summed E-state index contributed by atoms with van der Waals surface area (Å²) in [5.74, 6) is 0.486. The number of hydrogen-bond donors (Lipinski definition) is 0. The van der Waals surface area contributed by atoms with Gasteiger partial charge in [-0.2, -0.15) is 0 Å². The van der Waals surface area contributed by atoms with Gasteiger partial charge in [0.2, 0.25) is 0 Å². The van der Waals surface area contributed by atoms with Gasteiger partial charge in [-0.1, -0.05) is 12.1 Å². The number of nitrogens with zero attached hydrogens (tertiary/aromatic N) is 1. The van der Waals surface area contributed by atoms with E-state index >= 15 is 0 Å². The van der Waals surface area contributed by atoms with Crippen LogP contribution in [0.3, 0.4) is 0 Å². The van der Waals surface area contributed by atoms with Gasteiger partial charge in [-0.25, -0.2) is 4.39 Å². The fraction of sp³-hybridized carbons (Fsp3) is 0.562. The van der Waals surface area contributed by atoms with Gasteiger partial charge in [0.15, 0.2) is 0 Å². The SMILES string of the molecule is COC(=O)C12CCC(c3ccc(OC)cc3)N1C[C@H](F)C2. The summed E-state index contributed by atoms with van der Waals surface area (Å²) in [6, 6.07) is 7.84. The van der Waals surface area contributed by atoms with Crippen LogP contribution in [-0.4, -0.2) is 43.3 Å². The summed E-state index contributed by atoms with van der Waals surface area (Å²) in [5.41, 5.74) is 0.314. The summed E-state index contributed by atoms with van der Waals surface area (Å²) >= 11 is 0. The molecule has 3 rings (SSSR count). The van der Waals surface area contributed by atoms with Crippen LogP contribution >= 0.6 is 0 Å². The van der Waals surface area contributed by atoms with Gasteiger partial charge in [0.05, 0.1) is 14.2 Å². The number of carbonyl (C=O) groups excluding carboxylic acids is 1. The first-order chi connectivity index (χ1) is 10.1. The molecule has 2 aliphatic heterocycles. The normalized spacial score (nSPS) is 32.0. The Balaban J connectivity index is 1.90. The van der Waals surface area contributed by atoms with Gasteiger partial charge >= 0.3 is 5.97 Å². The third-order valence-electron chi connectivity index (χ3n) is 4.78. The maximum Gasteiger partial charge on any atom is 0.326 e. The van der Waals surface area contributed by atoms with E-state index in [-0.39, 0.29) is 18.4 Å². The lowest BCUT2D eigenvalue weighted by Crippen LogP contribution is -2.47. The molecule has 0 aliphatic carbocycles. The Labute approximate surface area is 123 Å². The minimum Gasteiger partial charge on any atom is -0.497 e. The van der Waals surface area contributed by atoms with Gasteiger partial charge in [0.25, 0.3) is 0 Å². The molecule has 3 atom stereocenters. The Kier molecular flexibility index (Phi) is 3.61. The minimum absolute atomic E-state index is 0.0655. The molecule has 4 nitrogen and oxygen atoms in total. The Morgan fingerprint density at radius 2 is 2.05 bits per heavy atom. The summed E-state index contributed by atoms with van der Waals surface area (Å²) in [5, 5.41) is 0. The predicted octanol–water partition coefficient (Wildman–Crippen LogP) is 2.49. The third-order valence-corrected chi connectivity index (χ3v) is 4.78. The maximum absolute atomic E-state index is 13.9. The zero-order chi connectivity index (χ0) is 15.0. The maximum atomic E-state index is 13.9. The summed E-state index contributed by atoms with van der Waals surface area (Å²) < 4.78 is 24.0. The van der Waals surface area contributed by atoms with E-state index in [9.17, 15) is 9.18 Å². The number of hydrogen-bond acceptors (Lipinski definition) is 4. The number of rotatable bonds is 3. The molecule has 0 amide bonds. The zero-order valence-corrected chi connectivity index (χ0v) is 12.3. The van der Waals surface area contributed by atoms with E-state index in [4.69, 9.17) is 9.47 Å². The molecular weight excluding hydrogens is 273 g/mol. The van der Waals surface area contributed by atoms with Crippen LogP contribution in [0.4, 0.5) is 4.39 Å². The smallest absolute Gasteiger partial charge is 0.326 e. The van der Waals surface area contributed by atoms with E-state index in [0.717, 1.165) is 17.7 Å².